The van der Waals surface area contributed by atoms with E-state index in [1.165, 1.54) is 7.11 Å². The lowest BCUT2D eigenvalue weighted by Crippen LogP contribution is -2.35. The van der Waals surface area contributed by atoms with Gasteiger partial charge in [0.15, 0.2) is 11.5 Å². The van der Waals surface area contributed by atoms with Gasteiger partial charge < -0.3 is 19.3 Å². The average molecular weight is 280 g/mol. The maximum atomic E-state index is 11.9. The molecule has 110 valence electrons. The van der Waals surface area contributed by atoms with E-state index in [-0.39, 0.29) is 12.6 Å². The predicted molar refractivity (Wildman–Crippen MR) is 73.3 cm³/mol. The van der Waals surface area contributed by atoms with Crippen LogP contribution in [-0.4, -0.2) is 31.4 Å². The Morgan fingerprint density at radius 2 is 2.10 bits per heavy atom. The van der Waals surface area contributed by atoms with Gasteiger partial charge in [-0.25, -0.2) is 0 Å². The molecule has 1 aliphatic rings. The van der Waals surface area contributed by atoms with Crippen LogP contribution in [0, 0.1) is 5.41 Å². The van der Waals surface area contributed by atoms with Gasteiger partial charge in [-0.05, 0) is 31.9 Å². The van der Waals surface area contributed by atoms with Gasteiger partial charge in [-0.15, -0.1) is 0 Å². The molecule has 1 N–H and O–H groups in total. The molecule has 1 aromatic rings. The number of methoxy groups -OCH3 is 1. The molecule has 1 heterocycles. The topological polar surface area (TPSA) is 65.0 Å². The number of carbonyl (C=O) groups is 1. The van der Waals surface area contributed by atoms with E-state index in [2.05, 4.69) is 0 Å². The molecule has 0 aromatic heterocycles. The van der Waals surface area contributed by atoms with Crippen LogP contribution >= 0.6 is 0 Å². The molecule has 5 heteroatoms. The lowest BCUT2D eigenvalue weighted by Gasteiger charge is -2.29. The minimum atomic E-state index is -0.538. The number of benzene rings is 1. The van der Waals surface area contributed by atoms with Crippen molar-refractivity contribution in [1.29, 1.82) is 0 Å². The molecule has 0 aliphatic carbocycles. The minimum absolute atomic E-state index is 0.0813. The van der Waals surface area contributed by atoms with Crippen LogP contribution in [0.15, 0.2) is 12.1 Å². The normalized spacial score (nSPS) is 16.3. The standard InChI is InChI=1S/C15H20O5/c1-15(2)9-10-7-13(19-6-4-5-16)12(18-3)8-11(10)20-14(15)17/h7-8,16H,4-6,9H2,1-3H3. The Labute approximate surface area is 118 Å². The van der Waals surface area contributed by atoms with E-state index in [0.29, 0.717) is 36.7 Å². The highest BCUT2D eigenvalue weighted by atomic mass is 16.5. The van der Waals surface area contributed by atoms with Crippen LogP contribution in [-0.2, 0) is 11.2 Å². The smallest absolute Gasteiger partial charge is 0.317 e. The summed E-state index contributed by atoms with van der Waals surface area (Å²) < 4.78 is 16.2. The summed E-state index contributed by atoms with van der Waals surface area (Å²) in [7, 11) is 1.54. The van der Waals surface area contributed by atoms with E-state index in [4.69, 9.17) is 19.3 Å². The van der Waals surface area contributed by atoms with Crippen LogP contribution in [0.3, 0.4) is 0 Å². The predicted octanol–water partition coefficient (Wildman–Crippen LogP) is 1.94. The van der Waals surface area contributed by atoms with Gasteiger partial charge in [-0.2, -0.15) is 0 Å². The van der Waals surface area contributed by atoms with Crippen molar-refractivity contribution >= 4 is 5.97 Å². The van der Waals surface area contributed by atoms with Gasteiger partial charge in [0.2, 0.25) is 0 Å². The first kappa shape index (κ1) is 14.7. The molecule has 1 aliphatic heterocycles. The number of rotatable bonds is 5. The van der Waals surface area contributed by atoms with E-state index in [0.717, 1.165) is 5.56 Å². The molecule has 0 bridgehead atoms. The average Bonchev–Trinajstić information content (AvgIpc) is 2.40. The van der Waals surface area contributed by atoms with E-state index >= 15 is 0 Å². The number of aliphatic hydroxyl groups excluding tert-OH is 1. The lowest BCUT2D eigenvalue weighted by atomic mass is 9.83. The summed E-state index contributed by atoms with van der Waals surface area (Å²) in [4.78, 5) is 11.9. The third-order valence-electron chi connectivity index (χ3n) is 3.29. The Hall–Kier alpha value is -1.75. The molecule has 20 heavy (non-hydrogen) atoms. The summed E-state index contributed by atoms with van der Waals surface area (Å²) in [6, 6.07) is 3.52. The van der Waals surface area contributed by atoms with E-state index in [1.54, 1.807) is 6.07 Å². The zero-order valence-electron chi connectivity index (χ0n) is 12.1. The minimum Gasteiger partial charge on any atom is -0.493 e. The Bertz CT molecular complexity index is 507. The second kappa shape index (κ2) is 5.71. The van der Waals surface area contributed by atoms with E-state index in [9.17, 15) is 4.79 Å². The van der Waals surface area contributed by atoms with Crippen molar-refractivity contribution in [2.75, 3.05) is 20.3 Å². The van der Waals surface area contributed by atoms with E-state index < -0.39 is 5.41 Å². The van der Waals surface area contributed by atoms with Gasteiger partial charge in [0, 0.05) is 19.1 Å². The highest BCUT2D eigenvalue weighted by Gasteiger charge is 2.36. The van der Waals surface area contributed by atoms with Crippen LogP contribution in [0.5, 0.6) is 17.2 Å². The lowest BCUT2D eigenvalue weighted by molar-refractivity contribution is -0.145. The molecule has 0 radical (unpaired) electrons. The number of carbonyl (C=O) groups excluding carboxylic acids is 1. The Kier molecular flexibility index (Phi) is 4.18. The monoisotopic (exact) mass is 280 g/mol. The van der Waals surface area contributed by atoms with Gasteiger partial charge in [0.25, 0.3) is 0 Å². The summed E-state index contributed by atoms with van der Waals surface area (Å²) in [6.07, 6.45) is 1.15. The van der Waals surface area contributed by atoms with Crippen molar-refractivity contribution in [3.05, 3.63) is 17.7 Å². The van der Waals surface area contributed by atoms with Gasteiger partial charge in [0.05, 0.1) is 19.1 Å². The van der Waals surface area contributed by atoms with Crippen LogP contribution in [0.2, 0.25) is 0 Å². The van der Waals surface area contributed by atoms with Crippen molar-refractivity contribution in [3.63, 3.8) is 0 Å². The van der Waals surface area contributed by atoms with Crippen molar-refractivity contribution in [2.45, 2.75) is 26.7 Å². The fraction of sp³-hybridized carbons (Fsp3) is 0.533. The quantitative estimate of drug-likeness (QED) is 0.507. The molecule has 0 saturated heterocycles. The molecule has 0 unspecified atom stereocenters. The summed E-state index contributed by atoms with van der Waals surface area (Å²) >= 11 is 0. The zero-order chi connectivity index (χ0) is 14.8. The molecular weight excluding hydrogens is 260 g/mol. The summed E-state index contributed by atoms with van der Waals surface area (Å²) in [5, 5.41) is 8.79. The highest BCUT2D eigenvalue weighted by Crippen LogP contribution is 2.41. The van der Waals surface area contributed by atoms with Gasteiger partial charge >= 0.3 is 5.97 Å². The van der Waals surface area contributed by atoms with Crippen LogP contribution in [0.4, 0.5) is 0 Å². The first-order valence-electron chi connectivity index (χ1n) is 6.65. The number of hydrogen-bond acceptors (Lipinski definition) is 5. The number of esters is 1. The first-order valence-corrected chi connectivity index (χ1v) is 6.65. The number of ether oxygens (including phenoxy) is 3. The molecule has 0 amide bonds. The molecule has 0 atom stereocenters. The number of hydrogen-bond donors (Lipinski definition) is 1. The Morgan fingerprint density at radius 3 is 2.75 bits per heavy atom. The van der Waals surface area contributed by atoms with Crippen LogP contribution in [0.25, 0.3) is 0 Å². The van der Waals surface area contributed by atoms with Crippen molar-refractivity contribution in [1.82, 2.24) is 0 Å². The number of fused-ring (bicyclic) bond motifs is 1. The molecule has 0 saturated carbocycles. The maximum absolute atomic E-state index is 11.9. The Morgan fingerprint density at radius 1 is 1.35 bits per heavy atom. The molecule has 0 spiro atoms. The van der Waals surface area contributed by atoms with E-state index in [1.807, 2.05) is 19.9 Å². The second-order valence-electron chi connectivity index (χ2n) is 5.49. The molecule has 2 rings (SSSR count). The summed E-state index contributed by atoms with van der Waals surface area (Å²) in [5.41, 5.74) is 0.388. The molecular formula is C15H20O5. The molecule has 5 nitrogen and oxygen atoms in total. The summed E-state index contributed by atoms with van der Waals surface area (Å²) in [5.74, 6) is 1.42. The third-order valence-corrected chi connectivity index (χ3v) is 3.29. The fourth-order valence-corrected chi connectivity index (χ4v) is 2.12. The van der Waals surface area contributed by atoms with Gasteiger partial charge in [-0.3, -0.25) is 4.79 Å². The van der Waals surface area contributed by atoms with Crippen molar-refractivity contribution < 1.29 is 24.1 Å². The summed E-state index contributed by atoms with van der Waals surface area (Å²) in [6.45, 7) is 4.20. The SMILES string of the molecule is COc1cc2c(cc1OCCCO)CC(C)(C)C(=O)O2. The highest BCUT2D eigenvalue weighted by molar-refractivity contribution is 5.81. The zero-order valence-corrected chi connectivity index (χ0v) is 12.1. The van der Waals surface area contributed by atoms with Gasteiger partial charge in [0.1, 0.15) is 5.75 Å². The van der Waals surface area contributed by atoms with Gasteiger partial charge in [-0.1, -0.05) is 0 Å². The molecule has 1 aromatic carbocycles. The third kappa shape index (κ3) is 2.88. The van der Waals surface area contributed by atoms with Crippen molar-refractivity contribution in [2.24, 2.45) is 5.41 Å². The first-order chi connectivity index (χ1) is 9.47. The Balaban J connectivity index is 2.29. The molecule has 0 fully saturated rings. The second-order valence-corrected chi connectivity index (χ2v) is 5.49. The fourth-order valence-electron chi connectivity index (χ4n) is 2.12. The maximum Gasteiger partial charge on any atom is 0.317 e. The van der Waals surface area contributed by atoms with Crippen LogP contribution < -0.4 is 14.2 Å². The van der Waals surface area contributed by atoms with Crippen LogP contribution in [0.1, 0.15) is 25.8 Å². The van der Waals surface area contributed by atoms with Crippen molar-refractivity contribution in [3.8, 4) is 17.2 Å². The number of aliphatic hydroxyl groups is 1. The largest absolute Gasteiger partial charge is 0.493 e.